The lowest BCUT2D eigenvalue weighted by Crippen LogP contribution is -2.25. The molecule has 1 aromatic rings. The lowest BCUT2D eigenvalue weighted by Gasteiger charge is -2.19. The third kappa shape index (κ3) is 4.00. The molecular weight excluding hydrogens is 240 g/mol. The second-order valence-electron chi connectivity index (χ2n) is 3.70. The Kier molecular flexibility index (Phi) is 5.41. The van der Waals surface area contributed by atoms with Crippen molar-refractivity contribution in [1.82, 2.24) is 15.0 Å². The van der Waals surface area contributed by atoms with Gasteiger partial charge in [0.25, 0.3) is 0 Å². The van der Waals surface area contributed by atoms with Crippen molar-refractivity contribution in [2.75, 3.05) is 18.0 Å². The number of aromatic nitrogens is 3. The molecule has 0 saturated heterocycles. The van der Waals surface area contributed by atoms with Crippen LogP contribution in [0, 0.1) is 0 Å². The fourth-order valence-corrected chi connectivity index (χ4v) is 1.43. The average Bonchev–Trinajstić information content (AvgIpc) is 2.29. The van der Waals surface area contributed by atoms with Crippen molar-refractivity contribution in [2.45, 2.75) is 40.2 Å². The van der Waals surface area contributed by atoms with Crippen LogP contribution in [0.25, 0.3) is 0 Å². The highest BCUT2D eigenvalue weighted by molar-refractivity contribution is 6.28. The Morgan fingerprint density at radius 2 is 1.82 bits per heavy atom. The molecule has 0 amide bonds. The number of hydrogen-bond acceptors (Lipinski definition) is 5. The van der Waals surface area contributed by atoms with Crippen LogP contribution in [0.1, 0.15) is 34.1 Å². The number of rotatable bonds is 6. The Balaban J connectivity index is 2.93. The Hall–Kier alpha value is -1.10. The van der Waals surface area contributed by atoms with Gasteiger partial charge in [-0.25, -0.2) is 0 Å². The highest BCUT2D eigenvalue weighted by Gasteiger charge is 2.12. The van der Waals surface area contributed by atoms with Crippen molar-refractivity contribution in [2.24, 2.45) is 0 Å². The second kappa shape index (κ2) is 6.59. The van der Waals surface area contributed by atoms with Crippen LogP contribution in [-0.4, -0.2) is 34.1 Å². The van der Waals surface area contributed by atoms with Gasteiger partial charge in [0.1, 0.15) is 0 Å². The van der Waals surface area contributed by atoms with Crippen molar-refractivity contribution >= 4 is 17.5 Å². The number of hydrogen-bond donors (Lipinski definition) is 0. The molecule has 0 aliphatic heterocycles. The monoisotopic (exact) mass is 258 g/mol. The zero-order chi connectivity index (χ0) is 12.8. The third-order valence-corrected chi connectivity index (χ3v) is 2.67. The van der Waals surface area contributed by atoms with E-state index in [1.807, 2.05) is 32.6 Å². The van der Waals surface area contributed by atoms with Gasteiger partial charge in [-0.15, -0.1) is 0 Å². The molecule has 0 aliphatic carbocycles. The normalized spacial score (nSPS) is 12.3. The molecule has 1 atom stereocenters. The predicted octanol–water partition coefficient (Wildman–Crippen LogP) is 2.55. The molecule has 0 spiro atoms. The maximum atomic E-state index is 5.87. The van der Waals surface area contributed by atoms with Gasteiger partial charge in [-0.3, -0.25) is 0 Å². The zero-order valence-corrected chi connectivity index (χ0v) is 11.5. The molecule has 0 radical (unpaired) electrons. The third-order valence-electron chi connectivity index (χ3n) is 2.50. The Morgan fingerprint density at radius 1 is 1.18 bits per heavy atom. The van der Waals surface area contributed by atoms with Crippen LogP contribution >= 0.6 is 11.6 Å². The van der Waals surface area contributed by atoms with Crippen LogP contribution in [0.4, 0.5) is 5.95 Å². The van der Waals surface area contributed by atoms with Gasteiger partial charge < -0.3 is 9.64 Å². The Labute approximate surface area is 107 Å². The second-order valence-corrected chi connectivity index (χ2v) is 4.03. The van der Waals surface area contributed by atoms with Crippen LogP contribution in [0.2, 0.25) is 5.28 Å². The van der Waals surface area contributed by atoms with Crippen LogP contribution < -0.4 is 9.64 Å². The summed E-state index contributed by atoms with van der Waals surface area (Å²) in [5.41, 5.74) is 0. The number of halogens is 1. The molecule has 0 saturated carbocycles. The van der Waals surface area contributed by atoms with Gasteiger partial charge in [0.05, 0.1) is 6.10 Å². The first kappa shape index (κ1) is 14.0. The predicted molar refractivity (Wildman–Crippen MR) is 68.8 cm³/mol. The van der Waals surface area contributed by atoms with Crippen LogP contribution in [0.5, 0.6) is 6.01 Å². The fourth-order valence-electron chi connectivity index (χ4n) is 1.29. The van der Waals surface area contributed by atoms with E-state index in [1.165, 1.54) is 0 Å². The van der Waals surface area contributed by atoms with E-state index in [2.05, 4.69) is 15.0 Å². The summed E-state index contributed by atoms with van der Waals surface area (Å²) in [6.07, 6.45) is 0.960. The first-order valence-corrected chi connectivity index (χ1v) is 6.31. The topological polar surface area (TPSA) is 51.1 Å². The summed E-state index contributed by atoms with van der Waals surface area (Å²) >= 11 is 5.87. The van der Waals surface area contributed by atoms with Crippen molar-refractivity contribution in [3.05, 3.63) is 5.28 Å². The lowest BCUT2D eigenvalue weighted by molar-refractivity contribution is 0.198. The summed E-state index contributed by atoms with van der Waals surface area (Å²) in [4.78, 5) is 14.3. The van der Waals surface area contributed by atoms with E-state index in [1.54, 1.807) is 0 Å². The van der Waals surface area contributed by atoms with E-state index in [9.17, 15) is 0 Å². The summed E-state index contributed by atoms with van der Waals surface area (Å²) in [5.74, 6) is 0.563. The molecule has 0 bridgehead atoms. The number of ether oxygens (including phenoxy) is 1. The van der Waals surface area contributed by atoms with Crippen molar-refractivity contribution in [3.63, 3.8) is 0 Å². The first-order chi connectivity index (χ1) is 8.10. The van der Waals surface area contributed by atoms with Crippen molar-refractivity contribution in [1.29, 1.82) is 0 Å². The van der Waals surface area contributed by atoms with E-state index in [4.69, 9.17) is 16.3 Å². The number of anilines is 1. The van der Waals surface area contributed by atoms with E-state index < -0.39 is 0 Å². The van der Waals surface area contributed by atoms with Crippen molar-refractivity contribution < 1.29 is 4.74 Å². The Bertz CT molecular complexity index is 357. The van der Waals surface area contributed by atoms with Crippen LogP contribution in [-0.2, 0) is 0 Å². The van der Waals surface area contributed by atoms with Gasteiger partial charge in [0, 0.05) is 13.1 Å². The smallest absolute Gasteiger partial charge is 0.322 e. The van der Waals surface area contributed by atoms with Crippen LogP contribution in [0.15, 0.2) is 0 Å². The molecule has 0 aliphatic rings. The van der Waals surface area contributed by atoms with Gasteiger partial charge in [-0.05, 0) is 38.8 Å². The van der Waals surface area contributed by atoms with Gasteiger partial charge >= 0.3 is 6.01 Å². The van der Waals surface area contributed by atoms with E-state index in [-0.39, 0.29) is 11.4 Å². The molecule has 1 aromatic heterocycles. The van der Waals surface area contributed by atoms with Crippen LogP contribution in [0.3, 0.4) is 0 Å². The lowest BCUT2D eigenvalue weighted by atomic mass is 10.3. The molecule has 6 heteroatoms. The molecule has 5 nitrogen and oxygen atoms in total. The molecular formula is C11H19ClN4O. The summed E-state index contributed by atoms with van der Waals surface area (Å²) < 4.78 is 5.55. The highest BCUT2D eigenvalue weighted by atomic mass is 35.5. The summed E-state index contributed by atoms with van der Waals surface area (Å²) in [6, 6.07) is 0.293. The molecule has 1 heterocycles. The van der Waals surface area contributed by atoms with Gasteiger partial charge in [-0.1, -0.05) is 6.92 Å². The zero-order valence-electron chi connectivity index (χ0n) is 10.8. The minimum atomic E-state index is 0.0676. The first-order valence-electron chi connectivity index (χ1n) is 5.93. The minimum Gasteiger partial charge on any atom is -0.460 e. The molecule has 1 rings (SSSR count). The maximum Gasteiger partial charge on any atom is 0.322 e. The molecule has 96 valence electrons. The SMILES string of the molecule is CCC(C)Oc1nc(Cl)nc(N(CC)CC)n1. The van der Waals surface area contributed by atoms with Gasteiger partial charge in [0.2, 0.25) is 11.2 Å². The molecule has 0 fully saturated rings. The molecule has 17 heavy (non-hydrogen) atoms. The standard InChI is InChI=1S/C11H19ClN4O/c1-5-8(4)17-11-14-9(12)13-10(15-11)16(6-2)7-3/h8H,5-7H2,1-4H3. The Morgan fingerprint density at radius 3 is 2.35 bits per heavy atom. The largest absolute Gasteiger partial charge is 0.460 e. The van der Waals surface area contributed by atoms with Crippen molar-refractivity contribution in [3.8, 4) is 6.01 Å². The van der Waals surface area contributed by atoms with E-state index in [0.29, 0.717) is 12.0 Å². The van der Waals surface area contributed by atoms with Gasteiger partial charge in [-0.2, -0.15) is 15.0 Å². The average molecular weight is 259 g/mol. The molecule has 0 aromatic carbocycles. The van der Waals surface area contributed by atoms with Gasteiger partial charge in [0.15, 0.2) is 0 Å². The summed E-state index contributed by atoms with van der Waals surface area (Å²) in [5, 5.41) is 0.167. The fraction of sp³-hybridized carbons (Fsp3) is 0.727. The maximum absolute atomic E-state index is 5.87. The van der Waals surface area contributed by atoms with E-state index in [0.717, 1.165) is 19.5 Å². The summed E-state index contributed by atoms with van der Waals surface area (Å²) in [7, 11) is 0. The minimum absolute atomic E-state index is 0.0676. The highest BCUT2D eigenvalue weighted by Crippen LogP contribution is 2.16. The molecule has 0 N–H and O–H groups in total. The van der Waals surface area contributed by atoms with E-state index >= 15 is 0 Å². The molecule has 1 unspecified atom stereocenters. The number of nitrogens with zero attached hydrogens (tertiary/aromatic N) is 4. The quantitative estimate of drug-likeness (QED) is 0.785. The summed E-state index contributed by atoms with van der Waals surface area (Å²) in [6.45, 7) is 9.72.